The zero-order chi connectivity index (χ0) is 29.0. The van der Waals surface area contributed by atoms with Crippen LogP contribution < -0.4 is 26.0 Å². The highest BCUT2D eigenvalue weighted by Crippen LogP contribution is 2.37. The van der Waals surface area contributed by atoms with Crippen LogP contribution in [0.1, 0.15) is 22.8 Å². The lowest BCUT2D eigenvalue weighted by molar-refractivity contribution is -0.137. The summed E-state index contributed by atoms with van der Waals surface area (Å²) in [6, 6.07) is 10.8. The molecule has 1 aromatic heterocycles. The highest BCUT2D eigenvalue weighted by Gasteiger charge is 2.36. The van der Waals surface area contributed by atoms with Gasteiger partial charge in [0.05, 0.1) is 24.0 Å². The lowest BCUT2D eigenvalue weighted by Crippen LogP contribution is -2.48. The fourth-order valence-electron chi connectivity index (χ4n) is 4.18. The van der Waals surface area contributed by atoms with Gasteiger partial charge >= 0.3 is 6.18 Å². The number of rotatable bonds is 8. The number of piperazine rings is 1. The number of carbonyl (C=O) groups excluding carboxylic acids is 3. The molecule has 0 atom stereocenters. The van der Waals surface area contributed by atoms with Crippen molar-refractivity contribution in [2.24, 2.45) is 5.73 Å². The van der Waals surface area contributed by atoms with Gasteiger partial charge in [-0.05, 0) is 24.3 Å². The number of methoxy groups -OCH3 is 1. The number of hydrogen-bond donors (Lipinski definition) is 3. The molecule has 14 heteroatoms. The van der Waals surface area contributed by atoms with Crippen molar-refractivity contribution in [3.05, 3.63) is 59.8 Å². The van der Waals surface area contributed by atoms with Gasteiger partial charge in [0.1, 0.15) is 17.1 Å². The summed E-state index contributed by atoms with van der Waals surface area (Å²) in [5.74, 6) is -2.75. The molecule has 3 aromatic rings. The molecule has 1 fully saturated rings. The van der Waals surface area contributed by atoms with Crippen molar-refractivity contribution in [3.63, 3.8) is 0 Å². The van der Waals surface area contributed by atoms with Crippen molar-refractivity contribution in [2.45, 2.75) is 13.1 Å². The molecule has 2 aromatic carbocycles. The Kier molecular flexibility index (Phi) is 8.07. The van der Waals surface area contributed by atoms with Crippen LogP contribution in [0.2, 0.25) is 0 Å². The van der Waals surface area contributed by atoms with E-state index in [0.717, 1.165) is 5.69 Å². The van der Waals surface area contributed by atoms with Gasteiger partial charge in [0.15, 0.2) is 0 Å². The van der Waals surface area contributed by atoms with Gasteiger partial charge in [0.2, 0.25) is 11.9 Å². The minimum absolute atomic E-state index is 0.0186. The Balaban J connectivity index is 1.62. The quantitative estimate of drug-likeness (QED) is 0.281. The summed E-state index contributed by atoms with van der Waals surface area (Å²) in [4.78, 5) is 46.9. The Morgan fingerprint density at radius 2 is 1.70 bits per heavy atom. The van der Waals surface area contributed by atoms with Crippen LogP contribution in [-0.4, -0.2) is 65.8 Å². The number of primary amides is 1. The molecule has 0 bridgehead atoms. The Hall–Kier alpha value is -4.88. The Labute approximate surface area is 227 Å². The Morgan fingerprint density at radius 1 is 1.00 bits per heavy atom. The van der Waals surface area contributed by atoms with Gasteiger partial charge in [-0.1, -0.05) is 12.1 Å². The summed E-state index contributed by atoms with van der Waals surface area (Å²) < 4.78 is 46.8. The number of anilines is 5. The minimum Gasteiger partial charge on any atom is -0.494 e. The van der Waals surface area contributed by atoms with Crippen molar-refractivity contribution in [1.29, 1.82) is 0 Å². The van der Waals surface area contributed by atoms with E-state index in [1.54, 1.807) is 17.0 Å². The van der Waals surface area contributed by atoms with Gasteiger partial charge in [0, 0.05) is 51.1 Å². The van der Waals surface area contributed by atoms with E-state index in [0.29, 0.717) is 43.8 Å². The van der Waals surface area contributed by atoms with Gasteiger partial charge < -0.3 is 30.9 Å². The molecule has 0 aliphatic carbocycles. The number of nitrogens with two attached hydrogens (primary N) is 1. The summed E-state index contributed by atoms with van der Waals surface area (Å²) in [6.45, 7) is 3.96. The van der Waals surface area contributed by atoms with Crippen molar-refractivity contribution >= 4 is 46.4 Å². The third-order valence-corrected chi connectivity index (χ3v) is 6.26. The van der Waals surface area contributed by atoms with E-state index in [4.69, 9.17) is 10.5 Å². The zero-order valence-electron chi connectivity index (χ0n) is 21.6. The highest BCUT2D eigenvalue weighted by molar-refractivity contribution is 6.43. The van der Waals surface area contributed by atoms with E-state index in [1.807, 2.05) is 6.07 Å². The SMILES string of the molecule is COc1cc(N2CCN(C(C)=O)CC2)ccc1Nc1ncc(C(F)(F)F)c(Nc2ccccc2C(=O)C(N)=O)n1. The maximum absolute atomic E-state index is 13.8. The van der Waals surface area contributed by atoms with Crippen LogP contribution in [0.3, 0.4) is 0 Å². The summed E-state index contributed by atoms with van der Waals surface area (Å²) in [6.07, 6.45) is -4.22. The second kappa shape index (κ2) is 11.5. The first-order chi connectivity index (χ1) is 19.0. The van der Waals surface area contributed by atoms with Crippen molar-refractivity contribution in [2.75, 3.05) is 48.8 Å². The van der Waals surface area contributed by atoms with Crippen LogP contribution in [0.15, 0.2) is 48.7 Å². The number of nitrogens with one attached hydrogen (secondary N) is 2. The van der Waals surface area contributed by atoms with Crippen molar-refractivity contribution in [1.82, 2.24) is 14.9 Å². The topological polar surface area (TPSA) is 143 Å². The monoisotopic (exact) mass is 557 g/mol. The van der Waals surface area contributed by atoms with E-state index in [-0.39, 0.29) is 23.1 Å². The van der Waals surface area contributed by atoms with Crippen molar-refractivity contribution in [3.8, 4) is 5.75 Å². The van der Waals surface area contributed by atoms with Crippen molar-refractivity contribution < 1.29 is 32.3 Å². The van der Waals surface area contributed by atoms with Gasteiger partial charge in [-0.3, -0.25) is 14.4 Å². The number of carbonyl (C=O) groups is 3. The summed E-state index contributed by atoms with van der Waals surface area (Å²) in [7, 11) is 1.45. The molecule has 40 heavy (non-hydrogen) atoms. The molecule has 4 rings (SSSR count). The van der Waals surface area contributed by atoms with E-state index in [1.165, 1.54) is 38.3 Å². The summed E-state index contributed by atoms with van der Waals surface area (Å²) >= 11 is 0. The second-order valence-electron chi connectivity index (χ2n) is 8.82. The van der Waals surface area contributed by atoms with Crippen LogP contribution in [-0.2, 0) is 15.8 Å². The molecule has 1 saturated heterocycles. The smallest absolute Gasteiger partial charge is 0.421 e. The number of Topliss-reactive ketones (excluding diaryl/α,β-unsaturated/α-hetero) is 1. The molecule has 2 amide bonds. The first kappa shape index (κ1) is 28.1. The van der Waals surface area contributed by atoms with Gasteiger partial charge in [0.25, 0.3) is 11.7 Å². The van der Waals surface area contributed by atoms with E-state index in [9.17, 15) is 27.6 Å². The van der Waals surface area contributed by atoms with Gasteiger partial charge in [-0.2, -0.15) is 18.2 Å². The minimum atomic E-state index is -4.82. The molecule has 210 valence electrons. The Morgan fingerprint density at radius 3 is 2.33 bits per heavy atom. The van der Waals surface area contributed by atoms with Crippen LogP contribution in [0, 0.1) is 0 Å². The van der Waals surface area contributed by atoms with Crippen LogP contribution >= 0.6 is 0 Å². The maximum atomic E-state index is 13.8. The van der Waals surface area contributed by atoms with Crippen LogP contribution in [0.5, 0.6) is 5.75 Å². The number of halogens is 3. The largest absolute Gasteiger partial charge is 0.494 e. The Bertz CT molecular complexity index is 1440. The number of nitrogens with zero attached hydrogens (tertiary/aromatic N) is 4. The summed E-state index contributed by atoms with van der Waals surface area (Å²) in [5, 5.41) is 5.37. The fourth-order valence-corrected chi connectivity index (χ4v) is 4.18. The molecule has 0 radical (unpaired) electrons. The van der Waals surface area contributed by atoms with Crippen LogP contribution in [0.25, 0.3) is 0 Å². The summed E-state index contributed by atoms with van der Waals surface area (Å²) in [5.41, 5.74) is 4.83. The third kappa shape index (κ3) is 6.22. The maximum Gasteiger partial charge on any atom is 0.421 e. The molecule has 0 saturated carbocycles. The molecule has 1 aliphatic heterocycles. The number of alkyl halides is 3. The first-order valence-electron chi connectivity index (χ1n) is 12.1. The fraction of sp³-hybridized carbons (Fsp3) is 0.269. The number of benzene rings is 2. The highest BCUT2D eigenvalue weighted by atomic mass is 19.4. The van der Waals surface area contributed by atoms with E-state index >= 15 is 0 Å². The molecule has 11 nitrogen and oxygen atoms in total. The average Bonchev–Trinajstić information content (AvgIpc) is 2.92. The molecular formula is C26H26F3N7O4. The lowest BCUT2D eigenvalue weighted by Gasteiger charge is -2.35. The number of amides is 2. The molecule has 0 spiro atoms. The number of aromatic nitrogens is 2. The predicted octanol–water partition coefficient (Wildman–Crippen LogP) is 3.33. The zero-order valence-corrected chi connectivity index (χ0v) is 21.6. The number of ether oxygens (including phenoxy) is 1. The second-order valence-corrected chi connectivity index (χ2v) is 8.82. The van der Waals surface area contributed by atoms with Gasteiger partial charge in [-0.15, -0.1) is 0 Å². The van der Waals surface area contributed by atoms with Gasteiger partial charge in [-0.25, -0.2) is 4.98 Å². The normalized spacial score (nSPS) is 13.5. The third-order valence-electron chi connectivity index (χ3n) is 6.26. The first-order valence-corrected chi connectivity index (χ1v) is 12.1. The molecule has 2 heterocycles. The molecule has 0 unspecified atom stereocenters. The molecule has 1 aliphatic rings. The average molecular weight is 558 g/mol. The lowest BCUT2D eigenvalue weighted by atomic mass is 10.1. The number of ketones is 1. The molecule has 4 N–H and O–H groups in total. The van der Waals surface area contributed by atoms with Crippen LogP contribution in [0.4, 0.5) is 42.0 Å². The predicted molar refractivity (Wildman–Crippen MR) is 141 cm³/mol. The standard InChI is InChI=1S/C26H26F3N7O4/c1-15(37)35-9-11-36(12-10-35)16-7-8-20(21(13-16)40-2)33-25-31-14-18(26(27,28)29)24(34-25)32-19-6-4-3-5-17(19)22(38)23(30)39/h3-8,13-14H,9-12H2,1-2H3,(H2,30,39)(H2,31,32,33,34). The number of para-hydroxylation sites is 1. The number of hydrogen-bond acceptors (Lipinski definition) is 9. The van der Waals surface area contributed by atoms with E-state index < -0.39 is 29.2 Å². The molecular weight excluding hydrogens is 531 g/mol. The van der Waals surface area contributed by atoms with E-state index in [2.05, 4.69) is 25.5 Å².